The van der Waals surface area contributed by atoms with Crippen molar-refractivity contribution in [3.8, 4) is 5.75 Å². The number of anilines is 1. The third-order valence-corrected chi connectivity index (χ3v) is 4.31. The summed E-state index contributed by atoms with van der Waals surface area (Å²) in [6.07, 6.45) is 7.64. The largest absolute Gasteiger partial charge is 0.495 e. The maximum absolute atomic E-state index is 12.3. The number of carbonyl (C=O) groups is 2. The molecule has 0 bridgehead atoms. The zero-order valence-electron chi connectivity index (χ0n) is 14.1. The Kier molecular flexibility index (Phi) is 6.94. The quantitative estimate of drug-likeness (QED) is 0.551. The Morgan fingerprint density at radius 2 is 2.00 bits per heavy atom. The molecule has 1 aliphatic carbocycles. The lowest BCUT2D eigenvalue weighted by Gasteiger charge is -2.21. The molecule has 1 aromatic carbocycles. The standard InChI is InChI=1S/C18H22N2O4S/c1-24-15-9-7-12(8-10-16(21)22)11-14(15)19-18(25)20-17(23)13-5-3-2-4-6-13/h7-11,13H,2-6H2,1H3,(H,21,22)(H2,19,20,23,25)/b10-8+. The van der Waals surface area contributed by atoms with E-state index in [1.165, 1.54) is 19.6 Å². The Bertz CT molecular complexity index is 682. The van der Waals surface area contributed by atoms with Gasteiger partial charge < -0.3 is 20.5 Å². The number of thiocarbonyl (C=S) groups is 1. The molecule has 0 radical (unpaired) electrons. The van der Waals surface area contributed by atoms with E-state index in [-0.39, 0.29) is 16.9 Å². The third-order valence-electron chi connectivity index (χ3n) is 4.10. The number of hydrogen-bond donors (Lipinski definition) is 3. The molecular weight excluding hydrogens is 340 g/mol. The normalized spacial score (nSPS) is 14.9. The van der Waals surface area contributed by atoms with Crippen LogP contribution in [0.4, 0.5) is 5.69 Å². The fourth-order valence-corrected chi connectivity index (χ4v) is 3.04. The van der Waals surface area contributed by atoms with E-state index in [2.05, 4.69) is 10.6 Å². The van der Waals surface area contributed by atoms with Crippen LogP contribution in [0.5, 0.6) is 5.75 Å². The molecule has 134 valence electrons. The zero-order valence-corrected chi connectivity index (χ0v) is 14.9. The van der Waals surface area contributed by atoms with Crippen molar-refractivity contribution in [2.24, 2.45) is 5.92 Å². The molecule has 0 saturated heterocycles. The van der Waals surface area contributed by atoms with Gasteiger partial charge in [0.1, 0.15) is 5.75 Å². The Morgan fingerprint density at radius 3 is 2.64 bits per heavy atom. The average Bonchev–Trinajstić information content (AvgIpc) is 2.60. The first kappa shape index (κ1) is 18.9. The van der Waals surface area contributed by atoms with E-state index in [1.807, 2.05) is 0 Å². The summed E-state index contributed by atoms with van der Waals surface area (Å²) < 4.78 is 5.27. The molecule has 0 aliphatic heterocycles. The summed E-state index contributed by atoms with van der Waals surface area (Å²) in [5, 5.41) is 14.6. The van der Waals surface area contributed by atoms with Gasteiger partial charge in [-0.1, -0.05) is 25.3 Å². The molecule has 25 heavy (non-hydrogen) atoms. The Morgan fingerprint density at radius 1 is 1.28 bits per heavy atom. The molecule has 6 nitrogen and oxygen atoms in total. The number of aliphatic carboxylic acids is 1. The number of amides is 1. The molecule has 7 heteroatoms. The number of rotatable bonds is 5. The van der Waals surface area contributed by atoms with E-state index >= 15 is 0 Å². The van der Waals surface area contributed by atoms with Crippen molar-refractivity contribution >= 4 is 41.0 Å². The number of methoxy groups -OCH3 is 1. The van der Waals surface area contributed by atoms with Crippen LogP contribution in [0.1, 0.15) is 37.7 Å². The zero-order chi connectivity index (χ0) is 18.2. The van der Waals surface area contributed by atoms with Crippen molar-refractivity contribution in [1.29, 1.82) is 0 Å². The van der Waals surface area contributed by atoms with Gasteiger partial charge in [0.25, 0.3) is 0 Å². The first-order chi connectivity index (χ1) is 12.0. The SMILES string of the molecule is COc1ccc(/C=C/C(=O)O)cc1NC(=S)NC(=O)C1CCCCC1. The maximum atomic E-state index is 12.3. The molecule has 2 rings (SSSR count). The lowest BCUT2D eigenvalue weighted by molar-refractivity contribution is -0.131. The van der Waals surface area contributed by atoms with E-state index < -0.39 is 5.97 Å². The van der Waals surface area contributed by atoms with Crippen LogP contribution in [0, 0.1) is 5.92 Å². The molecule has 0 aromatic heterocycles. The minimum atomic E-state index is -1.03. The molecule has 1 saturated carbocycles. The fraction of sp³-hybridized carbons (Fsp3) is 0.389. The third kappa shape index (κ3) is 5.86. The highest BCUT2D eigenvalue weighted by molar-refractivity contribution is 7.80. The van der Waals surface area contributed by atoms with Gasteiger partial charge in [-0.2, -0.15) is 0 Å². The second-order valence-electron chi connectivity index (χ2n) is 5.91. The van der Waals surface area contributed by atoms with Gasteiger partial charge >= 0.3 is 5.97 Å². The Labute approximate surface area is 152 Å². The molecule has 1 aliphatic rings. The molecule has 0 spiro atoms. The molecule has 0 unspecified atom stereocenters. The molecule has 1 amide bonds. The first-order valence-electron chi connectivity index (χ1n) is 8.20. The van der Waals surface area contributed by atoms with Crippen molar-refractivity contribution in [2.75, 3.05) is 12.4 Å². The summed E-state index contributed by atoms with van der Waals surface area (Å²) in [6.45, 7) is 0. The predicted molar refractivity (Wildman–Crippen MR) is 101 cm³/mol. The number of ether oxygens (including phenoxy) is 1. The molecule has 1 aromatic rings. The summed E-state index contributed by atoms with van der Waals surface area (Å²) >= 11 is 5.23. The Hall–Kier alpha value is -2.41. The second kappa shape index (κ2) is 9.17. The van der Waals surface area contributed by atoms with Crippen LogP contribution in [-0.4, -0.2) is 29.2 Å². The van der Waals surface area contributed by atoms with Crippen LogP contribution in [0.3, 0.4) is 0 Å². The summed E-state index contributed by atoms with van der Waals surface area (Å²) in [4.78, 5) is 22.9. The lowest BCUT2D eigenvalue weighted by atomic mass is 9.89. The van der Waals surface area contributed by atoms with Crippen molar-refractivity contribution in [1.82, 2.24) is 5.32 Å². The molecule has 1 fully saturated rings. The number of carbonyl (C=O) groups excluding carboxylic acids is 1. The highest BCUT2D eigenvalue weighted by atomic mass is 32.1. The summed E-state index contributed by atoms with van der Waals surface area (Å²) in [5.74, 6) is -0.527. The highest BCUT2D eigenvalue weighted by Gasteiger charge is 2.21. The van der Waals surface area contributed by atoms with E-state index in [9.17, 15) is 9.59 Å². The number of carboxylic acid groups (broad SMARTS) is 1. The number of nitrogens with one attached hydrogen (secondary N) is 2. The van der Waals surface area contributed by atoms with E-state index in [0.29, 0.717) is 17.0 Å². The predicted octanol–water partition coefficient (Wildman–Crippen LogP) is 3.19. The van der Waals surface area contributed by atoms with Crippen molar-refractivity contribution in [3.63, 3.8) is 0 Å². The van der Waals surface area contributed by atoms with Crippen LogP contribution >= 0.6 is 12.2 Å². The van der Waals surface area contributed by atoms with Crippen molar-refractivity contribution < 1.29 is 19.4 Å². The highest BCUT2D eigenvalue weighted by Crippen LogP contribution is 2.26. The van der Waals surface area contributed by atoms with Gasteiger partial charge in [0.2, 0.25) is 5.91 Å². The van der Waals surface area contributed by atoms with Gasteiger partial charge in [0.15, 0.2) is 5.11 Å². The van der Waals surface area contributed by atoms with Gasteiger partial charge in [0.05, 0.1) is 12.8 Å². The van der Waals surface area contributed by atoms with Crippen LogP contribution in [0.15, 0.2) is 24.3 Å². The average molecular weight is 362 g/mol. The topological polar surface area (TPSA) is 87.7 Å². The summed E-state index contributed by atoms with van der Waals surface area (Å²) in [6, 6.07) is 5.14. The van der Waals surface area contributed by atoms with Gasteiger partial charge in [-0.25, -0.2) is 4.79 Å². The fourth-order valence-electron chi connectivity index (χ4n) is 2.83. The minimum absolute atomic E-state index is 0.0141. The number of carboxylic acids is 1. The first-order valence-corrected chi connectivity index (χ1v) is 8.61. The molecule has 0 heterocycles. The van der Waals surface area contributed by atoms with Crippen LogP contribution in [-0.2, 0) is 9.59 Å². The van der Waals surface area contributed by atoms with Gasteiger partial charge in [-0.15, -0.1) is 0 Å². The molecular formula is C18H22N2O4S. The number of benzene rings is 1. The van der Waals surface area contributed by atoms with Crippen LogP contribution in [0.25, 0.3) is 6.08 Å². The summed E-state index contributed by atoms with van der Waals surface area (Å²) in [5.41, 5.74) is 1.23. The summed E-state index contributed by atoms with van der Waals surface area (Å²) in [7, 11) is 1.52. The monoisotopic (exact) mass is 362 g/mol. The van der Waals surface area contributed by atoms with Gasteiger partial charge in [-0.3, -0.25) is 4.79 Å². The van der Waals surface area contributed by atoms with Crippen molar-refractivity contribution in [3.05, 3.63) is 29.8 Å². The van der Waals surface area contributed by atoms with Crippen LogP contribution < -0.4 is 15.4 Å². The molecule has 0 atom stereocenters. The number of hydrogen-bond acceptors (Lipinski definition) is 4. The second-order valence-corrected chi connectivity index (χ2v) is 6.32. The molecule has 3 N–H and O–H groups in total. The van der Waals surface area contributed by atoms with Gasteiger partial charge in [-0.05, 0) is 48.8 Å². The van der Waals surface area contributed by atoms with E-state index in [1.54, 1.807) is 18.2 Å². The van der Waals surface area contributed by atoms with E-state index in [0.717, 1.165) is 31.8 Å². The van der Waals surface area contributed by atoms with Crippen molar-refractivity contribution in [2.45, 2.75) is 32.1 Å². The van der Waals surface area contributed by atoms with E-state index in [4.69, 9.17) is 22.1 Å². The minimum Gasteiger partial charge on any atom is -0.495 e. The van der Waals surface area contributed by atoms with Crippen LogP contribution in [0.2, 0.25) is 0 Å². The smallest absolute Gasteiger partial charge is 0.328 e. The lowest BCUT2D eigenvalue weighted by Crippen LogP contribution is -2.39. The maximum Gasteiger partial charge on any atom is 0.328 e. The Balaban J connectivity index is 2.03. The van der Waals surface area contributed by atoms with Gasteiger partial charge in [0, 0.05) is 12.0 Å².